The monoisotopic (exact) mass is 174 g/mol. The number of hydrogen-bond donors (Lipinski definition) is 0. The van der Waals surface area contributed by atoms with E-state index in [0.29, 0.717) is 0 Å². The SMILES string of the molecule is C1=CCC=C1.C1=CCC=C1.[CH3][Al]. The maximum atomic E-state index is 2.42. The maximum absolute atomic E-state index is 2.42. The van der Waals surface area contributed by atoms with Crippen LogP contribution in [0.4, 0.5) is 0 Å². The van der Waals surface area contributed by atoms with Gasteiger partial charge in [-0.15, -0.1) is 5.79 Å². The second kappa shape index (κ2) is 10.5. The minimum atomic E-state index is 1.14. The average molecular weight is 174 g/mol. The van der Waals surface area contributed by atoms with Gasteiger partial charge in [0.25, 0.3) is 0 Å². The van der Waals surface area contributed by atoms with Crippen molar-refractivity contribution in [3.8, 4) is 0 Å². The zero-order valence-corrected chi connectivity index (χ0v) is 8.77. The Morgan fingerprint density at radius 1 is 0.667 bits per heavy atom. The molecule has 1 heteroatoms. The first kappa shape index (κ1) is 11.5. The molecule has 2 rings (SSSR count). The molecule has 0 spiro atoms. The van der Waals surface area contributed by atoms with Gasteiger partial charge in [-0.2, -0.15) is 0 Å². The van der Waals surface area contributed by atoms with Crippen molar-refractivity contribution in [2.45, 2.75) is 18.6 Å². The van der Waals surface area contributed by atoms with E-state index in [2.05, 4.69) is 64.9 Å². The van der Waals surface area contributed by atoms with Crippen LogP contribution in [0.15, 0.2) is 48.6 Å². The van der Waals surface area contributed by atoms with Gasteiger partial charge in [0.2, 0.25) is 0 Å². The Balaban J connectivity index is 0.000000168. The van der Waals surface area contributed by atoms with Crippen LogP contribution in [0.3, 0.4) is 0 Å². The molecule has 0 fully saturated rings. The van der Waals surface area contributed by atoms with Gasteiger partial charge in [-0.1, -0.05) is 48.6 Å². The van der Waals surface area contributed by atoms with Gasteiger partial charge >= 0.3 is 0 Å². The largest absolute Gasteiger partial charge is 0.128 e. The molecule has 0 nitrogen and oxygen atoms in total. The summed E-state index contributed by atoms with van der Waals surface area (Å²) in [7, 11) is 0. The van der Waals surface area contributed by atoms with Crippen molar-refractivity contribution in [1.29, 1.82) is 0 Å². The van der Waals surface area contributed by atoms with Crippen molar-refractivity contribution < 1.29 is 0 Å². The smallest absolute Gasteiger partial charge is 0.112 e. The molecule has 12 heavy (non-hydrogen) atoms. The molecule has 0 aliphatic heterocycles. The van der Waals surface area contributed by atoms with E-state index >= 15 is 0 Å². The van der Waals surface area contributed by atoms with Crippen molar-refractivity contribution in [1.82, 2.24) is 0 Å². The third kappa shape index (κ3) is 7.60. The molecule has 2 aliphatic rings. The molecule has 0 amide bonds. The quantitative estimate of drug-likeness (QED) is 0.495. The number of allylic oxidation sites excluding steroid dienone is 8. The third-order valence-corrected chi connectivity index (χ3v) is 1.31. The highest BCUT2D eigenvalue weighted by Crippen LogP contribution is 1.93. The molecule has 0 heterocycles. The van der Waals surface area contributed by atoms with Crippen LogP contribution in [-0.2, 0) is 0 Å². The van der Waals surface area contributed by atoms with E-state index in [-0.39, 0.29) is 0 Å². The second-order valence-electron chi connectivity index (χ2n) is 2.18. The fraction of sp³-hybridized carbons (Fsp3) is 0.273. The lowest BCUT2D eigenvalue weighted by molar-refractivity contribution is 1.45. The van der Waals surface area contributed by atoms with E-state index in [1.165, 1.54) is 0 Å². The maximum Gasteiger partial charge on any atom is 0.112 e. The molecule has 0 N–H and O–H groups in total. The zero-order valence-electron chi connectivity index (χ0n) is 7.61. The van der Waals surface area contributed by atoms with Crippen molar-refractivity contribution >= 4 is 16.3 Å². The Hall–Kier alpha value is -0.508. The predicted molar refractivity (Wildman–Crippen MR) is 57.4 cm³/mol. The lowest BCUT2D eigenvalue weighted by atomic mass is 10.5. The first-order valence-corrected chi connectivity index (χ1v) is 5.37. The summed E-state index contributed by atoms with van der Waals surface area (Å²) >= 11 is 2.42. The first-order chi connectivity index (χ1) is 6.00. The summed E-state index contributed by atoms with van der Waals surface area (Å²) in [5.41, 5.74) is 0. The van der Waals surface area contributed by atoms with Crippen molar-refractivity contribution in [3.05, 3.63) is 48.6 Å². The highest BCUT2D eigenvalue weighted by atomic mass is 27.0. The summed E-state index contributed by atoms with van der Waals surface area (Å²) in [6.07, 6.45) is 19.0. The molecule has 0 unspecified atom stereocenters. The van der Waals surface area contributed by atoms with Crippen molar-refractivity contribution in [2.24, 2.45) is 0 Å². The van der Waals surface area contributed by atoms with Gasteiger partial charge in [-0.05, 0) is 12.8 Å². The molecule has 0 aromatic rings. The summed E-state index contributed by atoms with van der Waals surface area (Å²) in [6.45, 7) is 0. The van der Waals surface area contributed by atoms with E-state index < -0.39 is 0 Å². The van der Waals surface area contributed by atoms with E-state index in [4.69, 9.17) is 0 Å². The number of hydrogen-bond acceptors (Lipinski definition) is 0. The van der Waals surface area contributed by atoms with Crippen LogP contribution >= 0.6 is 0 Å². The van der Waals surface area contributed by atoms with E-state index in [1.807, 2.05) is 5.79 Å². The normalized spacial score (nSPS) is 15.1. The fourth-order valence-electron chi connectivity index (χ4n) is 0.786. The standard InChI is InChI=1S/2C5H6.CH3.Al/c2*1-2-4-5-3-1;;/h2*1-4H,5H2;1H3;. The molecule has 2 radical (unpaired) electrons. The summed E-state index contributed by atoms with van der Waals surface area (Å²) < 4.78 is 0. The molecule has 0 saturated carbocycles. The van der Waals surface area contributed by atoms with Crippen LogP contribution in [0.2, 0.25) is 5.79 Å². The second-order valence-corrected chi connectivity index (χ2v) is 2.18. The molecule has 0 saturated heterocycles. The van der Waals surface area contributed by atoms with Crippen LogP contribution in [0.25, 0.3) is 0 Å². The van der Waals surface area contributed by atoms with Crippen molar-refractivity contribution in [2.75, 3.05) is 0 Å². The molecule has 0 aromatic heterocycles. The van der Waals surface area contributed by atoms with Gasteiger partial charge in [0.15, 0.2) is 0 Å². The molecule has 62 valence electrons. The summed E-state index contributed by atoms with van der Waals surface area (Å²) in [5, 5.41) is 0. The van der Waals surface area contributed by atoms with Crippen LogP contribution < -0.4 is 0 Å². The van der Waals surface area contributed by atoms with Gasteiger partial charge in [0.1, 0.15) is 16.3 Å². The highest BCUT2D eigenvalue weighted by molar-refractivity contribution is 6.05. The van der Waals surface area contributed by atoms with E-state index in [1.54, 1.807) is 0 Å². The minimum Gasteiger partial charge on any atom is -0.128 e. The minimum absolute atomic E-state index is 1.14. The van der Waals surface area contributed by atoms with Gasteiger partial charge in [-0.3, -0.25) is 0 Å². The Kier molecular flexibility index (Phi) is 10.0. The van der Waals surface area contributed by atoms with Crippen molar-refractivity contribution in [3.63, 3.8) is 0 Å². The van der Waals surface area contributed by atoms with Crippen LogP contribution in [0.5, 0.6) is 0 Å². The summed E-state index contributed by atoms with van der Waals surface area (Å²) in [5.74, 6) is 1.92. The van der Waals surface area contributed by atoms with Gasteiger partial charge in [0.05, 0.1) is 0 Å². The van der Waals surface area contributed by atoms with Gasteiger partial charge < -0.3 is 0 Å². The van der Waals surface area contributed by atoms with Gasteiger partial charge in [-0.25, -0.2) is 0 Å². The molecule has 0 aromatic carbocycles. The van der Waals surface area contributed by atoms with Crippen LogP contribution in [0, 0.1) is 0 Å². The van der Waals surface area contributed by atoms with Crippen LogP contribution in [-0.4, -0.2) is 16.3 Å². The predicted octanol–water partition coefficient (Wildman–Crippen LogP) is 3.21. The molecule has 2 aliphatic carbocycles. The average Bonchev–Trinajstić information content (AvgIpc) is 2.87. The zero-order chi connectivity index (χ0) is 9.07. The first-order valence-electron chi connectivity index (χ1n) is 4.21. The molecule has 0 bridgehead atoms. The highest BCUT2D eigenvalue weighted by Gasteiger charge is 1.72. The van der Waals surface area contributed by atoms with E-state index in [9.17, 15) is 0 Å². The topological polar surface area (TPSA) is 0 Å². The Labute approximate surface area is 83.8 Å². The van der Waals surface area contributed by atoms with Crippen LogP contribution in [0.1, 0.15) is 12.8 Å². The Bertz CT molecular complexity index is 143. The third-order valence-electron chi connectivity index (χ3n) is 1.31. The summed E-state index contributed by atoms with van der Waals surface area (Å²) in [6, 6.07) is 0. The fourth-order valence-corrected chi connectivity index (χ4v) is 0.786. The molecular weight excluding hydrogens is 159 g/mol. The Morgan fingerprint density at radius 2 is 0.917 bits per heavy atom. The lowest BCUT2D eigenvalue weighted by Gasteiger charge is -1.57. The van der Waals surface area contributed by atoms with E-state index in [0.717, 1.165) is 12.8 Å². The summed E-state index contributed by atoms with van der Waals surface area (Å²) in [4.78, 5) is 0. The number of rotatable bonds is 0. The Morgan fingerprint density at radius 3 is 1.00 bits per heavy atom. The molecular formula is C11H15Al. The van der Waals surface area contributed by atoms with Gasteiger partial charge in [0, 0.05) is 0 Å². The lowest BCUT2D eigenvalue weighted by Crippen LogP contribution is -1.37. The molecule has 0 atom stereocenters.